The maximum Gasteiger partial charge on any atom is 0.417 e. The molecule has 2 unspecified atom stereocenters. The van der Waals surface area contributed by atoms with Crippen LogP contribution < -0.4 is 0 Å². The summed E-state index contributed by atoms with van der Waals surface area (Å²) in [6, 6.07) is 1.76. The van der Waals surface area contributed by atoms with E-state index in [9.17, 15) is 18.0 Å². The van der Waals surface area contributed by atoms with Crippen LogP contribution in [0.2, 0.25) is 0 Å². The van der Waals surface area contributed by atoms with Gasteiger partial charge in [-0.25, -0.2) is 0 Å². The molecule has 1 aliphatic heterocycles. The van der Waals surface area contributed by atoms with E-state index in [0.29, 0.717) is 19.3 Å². The van der Waals surface area contributed by atoms with Crippen LogP contribution in [-0.2, 0) is 10.9 Å². The van der Waals surface area contributed by atoms with Crippen molar-refractivity contribution in [1.29, 1.82) is 0 Å². The molecule has 1 fully saturated rings. The summed E-state index contributed by atoms with van der Waals surface area (Å²) in [6.45, 7) is 2.43. The van der Waals surface area contributed by atoms with Crippen molar-refractivity contribution in [3.8, 4) is 0 Å². The molecule has 4 nitrogen and oxygen atoms in total. The summed E-state index contributed by atoms with van der Waals surface area (Å²) in [5, 5.41) is 0. The van der Waals surface area contributed by atoms with Gasteiger partial charge in [0.1, 0.15) is 5.69 Å². The molecule has 0 N–H and O–H groups in total. The van der Waals surface area contributed by atoms with Gasteiger partial charge in [0.05, 0.1) is 30.2 Å². The topological polar surface area (TPSA) is 42.4 Å². The third-order valence-corrected chi connectivity index (χ3v) is 3.59. The first-order valence-corrected chi connectivity index (χ1v) is 6.88. The molecule has 21 heavy (non-hydrogen) atoms. The lowest BCUT2D eigenvalue weighted by Gasteiger charge is -2.37. The first-order chi connectivity index (χ1) is 9.82. The van der Waals surface area contributed by atoms with Gasteiger partial charge in [0, 0.05) is 12.7 Å². The number of carbonyl (C=O) groups excluding carboxylic acids is 1. The van der Waals surface area contributed by atoms with E-state index in [-0.39, 0.29) is 23.7 Å². The summed E-state index contributed by atoms with van der Waals surface area (Å²) in [7, 11) is 0. The number of rotatable bonds is 2. The number of pyridine rings is 1. The normalized spacial score (nSPS) is 23.2. The second-order valence-corrected chi connectivity index (χ2v) is 5.15. The SMILES string of the molecule is CC1COC(CCl)CN1C(=O)c1ccc(C(F)(F)F)cn1. The summed E-state index contributed by atoms with van der Waals surface area (Å²) in [4.78, 5) is 17.5. The molecule has 1 aromatic rings. The van der Waals surface area contributed by atoms with Crippen molar-refractivity contribution < 1.29 is 22.7 Å². The van der Waals surface area contributed by atoms with Crippen molar-refractivity contribution in [3.05, 3.63) is 29.6 Å². The van der Waals surface area contributed by atoms with Crippen LogP contribution in [-0.4, -0.2) is 47.0 Å². The third-order valence-electron chi connectivity index (χ3n) is 3.25. The Hall–Kier alpha value is -1.34. The zero-order valence-electron chi connectivity index (χ0n) is 11.2. The molecule has 116 valence electrons. The molecular weight excluding hydrogens is 309 g/mol. The lowest BCUT2D eigenvalue weighted by Crippen LogP contribution is -2.51. The van der Waals surface area contributed by atoms with Gasteiger partial charge in [-0.1, -0.05) is 0 Å². The van der Waals surface area contributed by atoms with Crippen LogP contribution in [0.4, 0.5) is 13.2 Å². The molecule has 0 aromatic carbocycles. The van der Waals surface area contributed by atoms with Crippen LogP contribution in [0.15, 0.2) is 18.3 Å². The summed E-state index contributed by atoms with van der Waals surface area (Å²) in [5.41, 5.74) is -0.905. The van der Waals surface area contributed by atoms with E-state index in [2.05, 4.69) is 4.98 Å². The number of nitrogens with zero attached hydrogens (tertiary/aromatic N) is 2. The molecule has 1 amide bonds. The van der Waals surface area contributed by atoms with Gasteiger partial charge in [-0.15, -0.1) is 11.6 Å². The number of morpholine rings is 1. The molecule has 2 atom stereocenters. The Labute approximate surface area is 124 Å². The highest BCUT2D eigenvalue weighted by Gasteiger charge is 2.33. The maximum absolute atomic E-state index is 12.5. The van der Waals surface area contributed by atoms with Gasteiger partial charge < -0.3 is 9.64 Å². The molecule has 8 heteroatoms. The lowest BCUT2D eigenvalue weighted by molar-refractivity contribution is -0.137. The summed E-state index contributed by atoms with van der Waals surface area (Å²) in [5.74, 6) is -0.175. The molecule has 0 bridgehead atoms. The average molecular weight is 323 g/mol. The van der Waals surface area contributed by atoms with Crippen molar-refractivity contribution >= 4 is 17.5 Å². The van der Waals surface area contributed by atoms with Gasteiger partial charge in [-0.05, 0) is 19.1 Å². The molecule has 2 rings (SSSR count). The van der Waals surface area contributed by atoms with Crippen molar-refractivity contribution in [2.24, 2.45) is 0 Å². The highest BCUT2D eigenvalue weighted by molar-refractivity contribution is 6.18. The zero-order chi connectivity index (χ0) is 15.6. The number of halogens is 4. The van der Waals surface area contributed by atoms with Crippen LogP contribution in [0.1, 0.15) is 23.0 Å². The summed E-state index contributed by atoms with van der Waals surface area (Å²) in [6.07, 6.45) is -4.08. The van der Waals surface area contributed by atoms with Crippen LogP contribution in [0.3, 0.4) is 0 Å². The number of alkyl halides is 4. The van der Waals surface area contributed by atoms with Crippen LogP contribution in [0, 0.1) is 0 Å². The fraction of sp³-hybridized carbons (Fsp3) is 0.538. The Balaban J connectivity index is 2.15. The Kier molecular flexibility index (Phi) is 4.73. The fourth-order valence-electron chi connectivity index (χ4n) is 2.03. The van der Waals surface area contributed by atoms with Gasteiger partial charge in [-0.2, -0.15) is 13.2 Å². The van der Waals surface area contributed by atoms with Crippen LogP contribution in [0.5, 0.6) is 0 Å². The highest BCUT2D eigenvalue weighted by Crippen LogP contribution is 2.28. The number of carbonyl (C=O) groups is 1. The molecule has 0 spiro atoms. The quantitative estimate of drug-likeness (QED) is 0.786. The van der Waals surface area contributed by atoms with E-state index in [1.807, 2.05) is 0 Å². The van der Waals surface area contributed by atoms with Gasteiger partial charge >= 0.3 is 6.18 Å². The van der Waals surface area contributed by atoms with E-state index < -0.39 is 17.6 Å². The minimum Gasteiger partial charge on any atom is -0.373 e. The lowest BCUT2D eigenvalue weighted by atomic mass is 10.1. The average Bonchev–Trinajstić information content (AvgIpc) is 2.46. The van der Waals surface area contributed by atoms with E-state index in [4.69, 9.17) is 16.3 Å². The second-order valence-electron chi connectivity index (χ2n) is 4.85. The first kappa shape index (κ1) is 16.0. The molecular formula is C13H14ClF3N2O2. The Morgan fingerprint density at radius 3 is 2.76 bits per heavy atom. The molecule has 2 heterocycles. The Morgan fingerprint density at radius 2 is 2.24 bits per heavy atom. The zero-order valence-corrected chi connectivity index (χ0v) is 12.0. The molecule has 1 saturated heterocycles. The smallest absolute Gasteiger partial charge is 0.373 e. The standard InChI is InChI=1S/C13H14ClF3N2O2/c1-8-7-21-10(4-14)6-19(8)12(20)11-3-2-9(5-18-11)13(15,16)17/h2-3,5,8,10H,4,6-7H2,1H3. The van der Waals surface area contributed by atoms with Crippen molar-refractivity contribution in [2.45, 2.75) is 25.2 Å². The van der Waals surface area contributed by atoms with Crippen molar-refractivity contribution in [2.75, 3.05) is 19.0 Å². The molecule has 0 aliphatic carbocycles. The van der Waals surface area contributed by atoms with Crippen LogP contribution in [0.25, 0.3) is 0 Å². The van der Waals surface area contributed by atoms with Gasteiger partial charge in [0.25, 0.3) is 5.91 Å². The highest BCUT2D eigenvalue weighted by atomic mass is 35.5. The van der Waals surface area contributed by atoms with Gasteiger partial charge in [0.15, 0.2) is 0 Å². The summed E-state index contributed by atoms with van der Waals surface area (Å²) >= 11 is 5.71. The monoisotopic (exact) mass is 322 g/mol. The molecule has 1 aromatic heterocycles. The van der Waals surface area contributed by atoms with Crippen molar-refractivity contribution in [3.63, 3.8) is 0 Å². The first-order valence-electron chi connectivity index (χ1n) is 6.34. The second kappa shape index (κ2) is 6.19. The number of ether oxygens (including phenoxy) is 1. The Morgan fingerprint density at radius 1 is 1.52 bits per heavy atom. The number of aromatic nitrogens is 1. The number of hydrogen-bond acceptors (Lipinski definition) is 3. The van der Waals surface area contributed by atoms with Crippen molar-refractivity contribution in [1.82, 2.24) is 9.88 Å². The molecule has 0 saturated carbocycles. The number of amides is 1. The summed E-state index contributed by atoms with van der Waals surface area (Å²) < 4.78 is 42.8. The molecule has 1 aliphatic rings. The van der Waals surface area contributed by atoms with E-state index in [1.165, 1.54) is 4.90 Å². The minimum absolute atomic E-state index is 0.0231. The van der Waals surface area contributed by atoms with E-state index in [1.54, 1.807) is 6.92 Å². The predicted molar refractivity (Wildman–Crippen MR) is 70.2 cm³/mol. The van der Waals surface area contributed by atoms with Crippen LogP contribution >= 0.6 is 11.6 Å². The van der Waals surface area contributed by atoms with E-state index in [0.717, 1.165) is 12.1 Å². The number of hydrogen-bond donors (Lipinski definition) is 0. The third kappa shape index (κ3) is 3.65. The fourth-order valence-corrected chi connectivity index (χ4v) is 2.22. The maximum atomic E-state index is 12.5. The largest absolute Gasteiger partial charge is 0.417 e. The molecule has 0 radical (unpaired) electrons. The Bertz CT molecular complexity index is 507. The van der Waals surface area contributed by atoms with Gasteiger partial charge in [0.2, 0.25) is 0 Å². The van der Waals surface area contributed by atoms with Gasteiger partial charge in [-0.3, -0.25) is 9.78 Å². The predicted octanol–water partition coefficient (Wildman–Crippen LogP) is 2.57. The van der Waals surface area contributed by atoms with E-state index >= 15 is 0 Å². The minimum atomic E-state index is -4.47.